The first-order valence-corrected chi connectivity index (χ1v) is 6.39. The first-order chi connectivity index (χ1) is 9.06. The summed E-state index contributed by atoms with van der Waals surface area (Å²) in [5.41, 5.74) is 2.85. The molecule has 0 spiro atoms. The van der Waals surface area contributed by atoms with Gasteiger partial charge in [0.05, 0.1) is 25.3 Å². The Morgan fingerprint density at radius 2 is 1.58 bits per heavy atom. The molecular formula is C15H18O4. The lowest BCUT2D eigenvalue weighted by Crippen LogP contribution is -2.17. The van der Waals surface area contributed by atoms with Crippen LogP contribution in [0.15, 0.2) is 12.1 Å². The minimum absolute atomic E-state index is 0.294. The van der Waals surface area contributed by atoms with Gasteiger partial charge in [0.2, 0.25) is 0 Å². The minimum atomic E-state index is -0.499. The van der Waals surface area contributed by atoms with Crippen LogP contribution in [0, 0.1) is 5.92 Å². The second-order valence-corrected chi connectivity index (χ2v) is 5.00. The SMILES string of the molecule is COC(=O)c1cc2c(cc1C(=O)OC)CC(C)CC2. The number of esters is 2. The quantitative estimate of drug-likeness (QED) is 0.768. The molecule has 0 radical (unpaired) electrons. The van der Waals surface area contributed by atoms with Gasteiger partial charge in [0.25, 0.3) is 0 Å². The lowest BCUT2D eigenvalue weighted by Gasteiger charge is -2.23. The number of hydrogen-bond donors (Lipinski definition) is 0. The molecule has 0 fully saturated rings. The summed E-state index contributed by atoms with van der Waals surface area (Å²) in [6.45, 7) is 2.19. The van der Waals surface area contributed by atoms with E-state index in [2.05, 4.69) is 6.92 Å². The molecule has 1 aromatic carbocycles. The van der Waals surface area contributed by atoms with Crippen molar-refractivity contribution in [1.82, 2.24) is 0 Å². The highest BCUT2D eigenvalue weighted by Gasteiger charge is 2.24. The Hall–Kier alpha value is -1.84. The molecule has 4 heteroatoms. The number of fused-ring (bicyclic) bond motifs is 1. The van der Waals surface area contributed by atoms with Crippen molar-refractivity contribution in [3.05, 3.63) is 34.4 Å². The van der Waals surface area contributed by atoms with Crippen LogP contribution in [-0.2, 0) is 22.3 Å². The highest BCUT2D eigenvalue weighted by Crippen LogP contribution is 2.28. The molecule has 2 rings (SSSR count). The average Bonchev–Trinajstić information content (AvgIpc) is 2.44. The van der Waals surface area contributed by atoms with Crippen LogP contribution >= 0.6 is 0 Å². The van der Waals surface area contributed by atoms with Gasteiger partial charge in [-0.2, -0.15) is 0 Å². The second kappa shape index (κ2) is 5.43. The smallest absolute Gasteiger partial charge is 0.338 e. The van der Waals surface area contributed by atoms with Crippen LogP contribution in [0.2, 0.25) is 0 Å². The van der Waals surface area contributed by atoms with Gasteiger partial charge in [0.15, 0.2) is 0 Å². The Bertz CT molecular complexity index is 519. The fraction of sp³-hybridized carbons (Fsp3) is 0.467. The third kappa shape index (κ3) is 2.62. The molecular weight excluding hydrogens is 244 g/mol. The molecule has 0 aliphatic heterocycles. The van der Waals surface area contributed by atoms with Gasteiger partial charge in [-0.1, -0.05) is 6.92 Å². The van der Waals surface area contributed by atoms with Crippen molar-refractivity contribution in [2.24, 2.45) is 5.92 Å². The van der Waals surface area contributed by atoms with E-state index in [1.165, 1.54) is 14.2 Å². The maximum atomic E-state index is 11.8. The maximum Gasteiger partial charge on any atom is 0.338 e. The highest BCUT2D eigenvalue weighted by atomic mass is 16.5. The number of rotatable bonds is 2. The van der Waals surface area contributed by atoms with Crippen molar-refractivity contribution < 1.29 is 19.1 Å². The molecule has 0 N–H and O–H groups in total. The molecule has 4 nitrogen and oxygen atoms in total. The number of ether oxygens (including phenoxy) is 2. The van der Waals surface area contributed by atoms with E-state index < -0.39 is 11.9 Å². The Balaban J connectivity index is 2.53. The van der Waals surface area contributed by atoms with Gasteiger partial charge in [0, 0.05) is 0 Å². The van der Waals surface area contributed by atoms with Crippen LogP contribution < -0.4 is 0 Å². The number of aryl methyl sites for hydroxylation is 1. The zero-order chi connectivity index (χ0) is 14.0. The molecule has 0 saturated heterocycles. The third-order valence-corrected chi connectivity index (χ3v) is 3.63. The van der Waals surface area contributed by atoms with Crippen molar-refractivity contribution in [1.29, 1.82) is 0 Å². The van der Waals surface area contributed by atoms with Crippen molar-refractivity contribution in [3.63, 3.8) is 0 Å². The van der Waals surface area contributed by atoms with E-state index in [0.717, 1.165) is 30.4 Å². The van der Waals surface area contributed by atoms with E-state index in [0.29, 0.717) is 17.0 Å². The van der Waals surface area contributed by atoms with E-state index in [-0.39, 0.29) is 0 Å². The predicted molar refractivity (Wildman–Crippen MR) is 70.3 cm³/mol. The summed E-state index contributed by atoms with van der Waals surface area (Å²) in [5, 5.41) is 0. The van der Waals surface area contributed by atoms with Gasteiger partial charge in [-0.05, 0) is 48.4 Å². The molecule has 1 unspecified atom stereocenters. The second-order valence-electron chi connectivity index (χ2n) is 5.00. The van der Waals surface area contributed by atoms with Crippen molar-refractivity contribution >= 4 is 11.9 Å². The van der Waals surface area contributed by atoms with Gasteiger partial charge in [-0.25, -0.2) is 9.59 Å². The Morgan fingerprint density at radius 1 is 1.05 bits per heavy atom. The zero-order valence-corrected chi connectivity index (χ0v) is 11.5. The molecule has 0 saturated carbocycles. The summed E-state index contributed by atoms with van der Waals surface area (Å²) >= 11 is 0. The largest absolute Gasteiger partial charge is 0.465 e. The van der Waals surface area contributed by atoms with Crippen LogP contribution in [0.3, 0.4) is 0 Å². The normalized spacial score (nSPS) is 17.5. The van der Waals surface area contributed by atoms with E-state index >= 15 is 0 Å². The van der Waals surface area contributed by atoms with Crippen LogP contribution in [0.1, 0.15) is 45.2 Å². The van der Waals surface area contributed by atoms with Crippen LogP contribution in [0.4, 0.5) is 0 Å². The van der Waals surface area contributed by atoms with Gasteiger partial charge in [0.1, 0.15) is 0 Å². The summed E-state index contributed by atoms with van der Waals surface area (Å²) in [6.07, 6.45) is 2.97. The monoisotopic (exact) mass is 262 g/mol. The number of hydrogen-bond acceptors (Lipinski definition) is 4. The lowest BCUT2D eigenvalue weighted by atomic mass is 9.83. The molecule has 1 atom stereocenters. The van der Waals surface area contributed by atoms with Crippen LogP contribution in [0.5, 0.6) is 0 Å². The third-order valence-electron chi connectivity index (χ3n) is 3.63. The van der Waals surface area contributed by atoms with E-state index in [4.69, 9.17) is 9.47 Å². The fourth-order valence-electron chi connectivity index (χ4n) is 2.55. The van der Waals surface area contributed by atoms with Crippen molar-refractivity contribution in [2.45, 2.75) is 26.2 Å². The summed E-state index contributed by atoms with van der Waals surface area (Å²) in [7, 11) is 2.62. The molecule has 1 aliphatic carbocycles. The molecule has 1 aliphatic rings. The summed E-state index contributed by atoms with van der Waals surface area (Å²) < 4.78 is 9.48. The van der Waals surface area contributed by atoms with Crippen LogP contribution in [-0.4, -0.2) is 26.2 Å². The van der Waals surface area contributed by atoms with Gasteiger partial charge in [-0.3, -0.25) is 0 Å². The van der Waals surface area contributed by atoms with E-state index in [1.807, 2.05) is 0 Å². The average molecular weight is 262 g/mol. The summed E-state index contributed by atoms with van der Waals surface area (Å²) in [4.78, 5) is 23.6. The molecule has 0 bridgehead atoms. The number of carbonyl (C=O) groups is 2. The Kier molecular flexibility index (Phi) is 3.88. The maximum absolute atomic E-state index is 11.8. The first kappa shape index (κ1) is 13.6. The standard InChI is InChI=1S/C15H18O4/c1-9-4-5-10-7-12(14(16)18-2)13(15(17)19-3)8-11(10)6-9/h7-9H,4-6H2,1-3H3. The molecule has 19 heavy (non-hydrogen) atoms. The molecule has 1 aromatic rings. The van der Waals surface area contributed by atoms with Crippen LogP contribution in [0.25, 0.3) is 0 Å². The Morgan fingerprint density at radius 3 is 2.11 bits per heavy atom. The lowest BCUT2D eigenvalue weighted by molar-refractivity contribution is 0.0555. The van der Waals surface area contributed by atoms with Crippen molar-refractivity contribution in [2.75, 3.05) is 14.2 Å². The summed E-state index contributed by atoms with van der Waals surface area (Å²) in [5.74, 6) is -0.398. The molecule has 0 amide bonds. The minimum Gasteiger partial charge on any atom is -0.465 e. The number of benzene rings is 1. The molecule has 0 heterocycles. The highest BCUT2D eigenvalue weighted by molar-refractivity contribution is 6.03. The number of carbonyl (C=O) groups excluding carboxylic acids is 2. The molecule has 102 valence electrons. The van der Waals surface area contributed by atoms with Crippen molar-refractivity contribution in [3.8, 4) is 0 Å². The topological polar surface area (TPSA) is 52.6 Å². The fourth-order valence-corrected chi connectivity index (χ4v) is 2.55. The Labute approximate surface area is 112 Å². The summed E-state index contributed by atoms with van der Waals surface area (Å²) in [6, 6.07) is 3.56. The zero-order valence-electron chi connectivity index (χ0n) is 11.5. The first-order valence-electron chi connectivity index (χ1n) is 6.39. The number of methoxy groups -OCH3 is 2. The van der Waals surface area contributed by atoms with Gasteiger partial charge in [-0.15, -0.1) is 0 Å². The van der Waals surface area contributed by atoms with Gasteiger partial charge >= 0.3 is 11.9 Å². The van der Waals surface area contributed by atoms with E-state index in [9.17, 15) is 9.59 Å². The molecule has 0 aromatic heterocycles. The van der Waals surface area contributed by atoms with Gasteiger partial charge < -0.3 is 9.47 Å². The van der Waals surface area contributed by atoms with E-state index in [1.54, 1.807) is 12.1 Å². The predicted octanol–water partition coefficient (Wildman–Crippen LogP) is 2.38.